The number of ether oxygens (including phenoxy) is 2. The highest BCUT2D eigenvalue weighted by molar-refractivity contribution is 9.11. The summed E-state index contributed by atoms with van der Waals surface area (Å²) in [6, 6.07) is 9.60. The van der Waals surface area contributed by atoms with Crippen LogP contribution >= 0.6 is 31.9 Å². The lowest BCUT2D eigenvalue weighted by molar-refractivity contribution is -0.111. The SMILES string of the molecule is CCOc1c(Br)cc(/C=C/C(=O)Nc2ccc(CC)cc2Br)cc1OC. The van der Waals surface area contributed by atoms with E-state index in [1.165, 1.54) is 11.6 Å². The second-order valence-electron chi connectivity index (χ2n) is 5.46. The van der Waals surface area contributed by atoms with Gasteiger partial charge in [0.25, 0.3) is 0 Å². The molecule has 0 radical (unpaired) electrons. The second kappa shape index (κ2) is 9.78. The fourth-order valence-corrected chi connectivity index (χ4v) is 3.45. The molecule has 0 unspecified atom stereocenters. The van der Waals surface area contributed by atoms with E-state index in [-0.39, 0.29) is 5.91 Å². The smallest absolute Gasteiger partial charge is 0.248 e. The molecule has 0 spiro atoms. The molecule has 2 aromatic rings. The third kappa shape index (κ3) is 5.35. The molecular weight excluding hydrogens is 462 g/mol. The van der Waals surface area contributed by atoms with Gasteiger partial charge in [0.05, 0.1) is 23.9 Å². The highest BCUT2D eigenvalue weighted by Gasteiger charge is 2.10. The lowest BCUT2D eigenvalue weighted by atomic mass is 10.1. The maximum absolute atomic E-state index is 12.2. The van der Waals surface area contributed by atoms with Crippen molar-refractivity contribution in [2.24, 2.45) is 0 Å². The standard InChI is InChI=1S/C20H21Br2NO3/c1-4-13-6-8-17(15(21)10-13)23-19(24)9-7-14-11-16(22)20(26-5-2)18(12-14)25-3/h6-12H,4-5H2,1-3H3,(H,23,24)/b9-7+. The molecule has 1 amide bonds. The van der Waals surface area contributed by atoms with Gasteiger partial charge in [-0.1, -0.05) is 13.0 Å². The van der Waals surface area contributed by atoms with E-state index < -0.39 is 0 Å². The molecule has 0 heterocycles. The highest BCUT2D eigenvalue weighted by atomic mass is 79.9. The van der Waals surface area contributed by atoms with E-state index in [4.69, 9.17) is 9.47 Å². The number of rotatable bonds is 7. The summed E-state index contributed by atoms with van der Waals surface area (Å²) in [5.41, 5.74) is 2.77. The van der Waals surface area contributed by atoms with E-state index in [1.54, 1.807) is 13.2 Å². The predicted octanol–water partition coefficient (Wildman–Crippen LogP) is 5.83. The third-order valence-corrected chi connectivity index (χ3v) is 4.91. The molecule has 0 saturated heterocycles. The van der Waals surface area contributed by atoms with Gasteiger partial charge in [-0.15, -0.1) is 0 Å². The van der Waals surface area contributed by atoms with E-state index in [2.05, 4.69) is 44.1 Å². The summed E-state index contributed by atoms with van der Waals surface area (Å²) >= 11 is 6.97. The van der Waals surface area contributed by atoms with Gasteiger partial charge in [-0.3, -0.25) is 4.79 Å². The zero-order chi connectivity index (χ0) is 19.1. The van der Waals surface area contributed by atoms with Crippen LogP contribution in [0.15, 0.2) is 45.4 Å². The number of hydrogen-bond donors (Lipinski definition) is 1. The molecule has 0 saturated carbocycles. The molecule has 6 heteroatoms. The fraction of sp³-hybridized carbons (Fsp3) is 0.250. The normalized spacial score (nSPS) is 10.8. The van der Waals surface area contributed by atoms with Crippen molar-refractivity contribution >= 4 is 49.5 Å². The molecule has 0 atom stereocenters. The van der Waals surface area contributed by atoms with Crippen molar-refractivity contribution in [3.8, 4) is 11.5 Å². The summed E-state index contributed by atoms with van der Waals surface area (Å²) < 4.78 is 12.6. The number of aryl methyl sites for hydroxylation is 1. The molecule has 1 N–H and O–H groups in total. The van der Waals surface area contributed by atoms with E-state index in [0.29, 0.717) is 18.1 Å². The Morgan fingerprint density at radius 1 is 1.15 bits per heavy atom. The summed E-state index contributed by atoms with van der Waals surface area (Å²) in [4.78, 5) is 12.2. The van der Waals surface area contributed by atoms with Crippen LogP contribution in [0.25, 0.3) is 6.08 Å². The van der Waals surface area contributed by atoms with Crippen molar-refractivity contribution in [1.82, 2.24) is 0 Å². The number of amides is 1. The Balaban J connectivity index is 2.14. The van der Waals surface area contributed by atoms with Crippen LogP contribution in [0.2, 0.25) is 0 Å². The third-order valence-electron chi connectivity index (χ3n) is 3.67. The molecule has 0 aliphatic heterocycles. The maximum Gasteiger partial charge on any atom is 0.248 e. The van der Waals surface area contributed by atoms with Crippen LogP contribution in [0.1, 0.15) is 25.0 Å². The van der Waals surface area contributed by atoms with E-state index in [0.717, 1.165) is 26.6 Å². The number of anilines is 1. The van der Waals surface area contributed by atoms with Gasteiger partial charge in [-0.05, 0) is 86.7 Å². The number of halogens is 2. The number of carbonyl (C=O) groups excluding carboxylic acids is 1. The van der Waals surface area contributed by atoms with Crippen LogP contribution in [-0.2, 0) is 11.2 Å². The molecule has 0 fully saturated rings. The van der Waals surface area contributed by atoms with Crippen molar-refractivity contribution in [2.75, 3.05) is 19.0 Å². The Hall–Kier alpha value is -1.79. The largest absolute Gasteiger partial charge is 0.493 e. The molecule has 0 aromatic heterocycles. The van der Waals surface area contributed by atoms with Gasteiger partial charge in [-0.25, -0.2) is 0 Å². The molecule has 138 valence electrons. The lowest BCUT2D eigenvalue weighted by Crippen LogP contribution is -2.08. The molecule has 2 aromatic carbocycles. The zero-order valence-electron chi connectivity index (χ0n) is 14.9. The van der Waals surface area contributed by atoms with Gasteiger partial charge in [0, 0.05) is 10.5 Å². The molecule has 26 heavy (non-hydrogen) atoms. The first-order valence-corrected chi connectivity index (χ1v) is 9.84. The van der Waals surface area contributed by atoms with Gasteiger partial charge in [0.2, 0.25) is 5.91 Å². The maximum atomic E-state index is 12.2. The van der Waals surface area contributed by atoms with Crippen LogP contribution in [0.5, 0.6) is 11.5 Å². The average Bonchev–Trinajstić information content (AvgIpc) is 2.63. The minimum atomic E-state index is -0.209. The average molecular weight is 483 g/mol. The summed E-state index contributed by atoms with van der Waals surface area (Å²) in [5, 5.41) is 2.87. The first kappa shape index (κ1) is 20.5. The van der Waals surface area contributed by atoms with Crippen LogP contribution < -0.4 is 14.8 Å². The Morgan fingerprint density at radius 2 is 1.92 bits per heavy atom. The topological polar surface area (TPSA) is 47.6 Å². The summed E-state index contributed by atoms with van der Waals surface area (Å²) in [7, 11) is 1.59. The molecule has 0 aliphatic rings. The lowest BCUT2D eigenvalue weighted by Gasteiger charge is -2.12. The molecule has 2 rings (SSSR count). The van der Waals surface area contributed by atoms with Crippen LogP contribution in [0, 0.1) is 0 Å². The van der Waals surface area contributed by atoms with Crippen LogP contribution in [0.3, 0.4) is 0 Å². The Bertz CT molecular complexity index is 819. The molecule has 0 bridgehead atoms. The van der Waals surface area contributed by atoms with Gasteiger partial charge in [0.15, 0.2) is 11.5 Å². The quantitative estimate of drug-likeness (QED) is 0.504. The fourth-order valence-electron chi connectivity index (χ4n) is 2.35. The van der Waals surface area contributed by atoms with Gasteiger partial charge >= 0.3 is 0 Å². The van der Waals surface area contributed by atoms with Gasteiger partial charge in [0.1, 0.15) is 0 Å². The number of hydrogen-bond acceptors (Lipinski definition) is 3. The Labute approximate surface area is 170 Å². The summed E-state index contributed by atoms with van der Waals surface area (Å²) in [6.07, 6.45) is 4.16. The predicted molar refractivity (Wildman–Crippen MR) is 113 cm³/mol. The second-order valence-corrected chi connectivity index (χ2v) is 7.17. The Morgan fingerprint density at radius 3 is 2.54 bits per heavy atom. The Kier molecular flexibility index (Phi) is 7.72. The monoisotopic (exact) mass is 481 g/mol. The summed E-state index contributed by atoms with van der Waals surface area (Å²) in [6.45, 7) is 4.54. The first-order valence-electron chi connectivity index (χ1n) is 8.26. The van der Waals surface area contributed by atoms with Crippen LogP contribution in [-0.4, -0.2) is 19.6 Å². The van der Waals surface area contributed by atoms with Crippen LogP contribution in [0.4, 0.5) is 5.69 Å². The van der Waals surface area contributed by atoms with Crippen molar-refractivity contribution in [3.05, 3.63) is 56.5 Å². The van der Waals surface area contributed by atoms with E-state index in [1.807, 2.05) is 37.3 Å². The van der Waals surface area contributed by atoms with Gasteiger partial charge < -0.3 is 14.8 Å². The number of nitrogens with one attached hydrogen (secondary N) is 1. The van der Waals surface area contributed by atoms with Gasteiger partial charge in [-0.2, -0.15) is 0 Å². The van der Waals surface area contributed by atoms with Crippen molar-refractivity contribution in [1.29, 1.82) is 0 Å². The molecule has 4 nitrogen and oxygen atoms in total. The molecule has 0 aliphatic carbocycles. The van der Waals surface area contributed by atoms with Crippen molar-refractivity contribution < 1.29 is 14.3 Å². The minimum absolute atomic E-state index is 0.209. The highest BCUT2D eigenvalue weighted by Crippen LogP contribution is 2.37. The number of benzene rings is 2. The van der Waals surface area contributed by atoms with Crippen molar-refractivity contribution in [3.63, 3.8) is 0 Å². The molecular formula is C20H21Br2NO3. The van der Waals surface area contributed by atoms with E-state index in [9.17, 15) is 4.79 Å². The first-order chi connectivity index (χ1) is 12.5. The number of methoxy groups -OCH3 is 1. The summed E-state index contributed by atoms with van der Waals surface area (Å²) in [5.74, 6) is 1.05. The van der Waals surface area contributed by atoms with E-state index >= 15 is 0 Å². The van der Waals surface area contributed by atoms with Crippen molar-refractivity contribution in [2.45, 2.75) is 20.3 Å². The minimum Gasteiger partial charge on any atom is -0.493 e. The zero-order valence-corrected chi connectivity index (χ0v) is 18.1. The number of carbonyl (C=O) groups is 1.